The predicted molar refractivity (Wildman–Crippen MR) is 81.2 cm³/mol. The molecule has 0 saturated heterocycles. The molecule has 1 aromatic rings. The maximum Gasteiger partial charge on any atom is 0.338 e. The van der Waals surface area contributed by atoms with Crippen LogP contribution in [0, 0.1) is 26.1 Å². The summed E-state index contributed by atoms with van der Waals surface area (Å²) >= 11 is 0. The van der Waals surface area contributed by atoms with Crippen LogP contribution in [0.25, 0.3) is 0 Å². The van der Waals surface area contributed by atoms with E-state index in [1.165, 1.54) is 19.3 Å². The van der Waals surface area contributed by atoms with E-state index in [1.54, 1.807) is 0 Å². The van der Waals surface area contributed by atoms with Crippen molar-refractivity contribution in [3.05, 3.63) is 44.0 Å². The van der Waals surface area contributed by atoms with E-state index in [0.29, 0.717) is 5.92 Å². The van der Waals surface area contributed by atoms with Gasteiger partial charge in [-0.2, -0.15) is 0 Å². The van der Waals surface area contributed by atoms with Crippen LogP contribution in [-0.4, -0.2) is 22.4 Å². The maximum atomic E-state index is 12.0. The van der Waals surface area contributed by atoms with E-state index < -0.39 is 27.2 Å². The number of carbonyl (C=O) groups excluding carboxylic acids is 1. The van der Waals surface area contributed by atoms with Crippen molar-refractivity contribution in [1.82, 2.24) is 0 Å². The molecule has 0 spiro atoms. The second-order valence-electron chi connectivity index (χ2n) is 5.68. The van der Waals surface area contributed by atoms with Gasteiger partial charge >= 0.3 is 5.97 Å². The lowest BCUT2D eigenvalue weighted by Gasteiger charge is -2.21. The summed E-state index contributed by atoms with van der Waals surface area (Å²) in [5.74, 6) is -0.233. The van der Waals surface area contributed by atoms with Gasteiger partial charge in [-0.05, 0) is 12.3 Å². The number of esters is 1. The molecule has 0 amide bonds. The summed E-state index contributed by atoms with van der Waals surface area (Å²) in [7, 11) is 0. The molecule has 2 rings (SSSR count). The molecular formula is C15H18N2O6. The van der Waals surface area contributed by atoms with Crippen molar-refractivity contribution in [3.63, 3.8) is 0 Å². The van der Waals surface area contributed by atoms with Crippen molar-refractivity contribution >= 4 is 17.3 Å². The molecule has 1 aliphatic rings. The zero-order valence-corrected chi connectivity index (χ0v) is 12.6. The number of rotatable bonds is 6. The number of nitro benzene ring substituents is 2. The number of hydrogen-bond acceptors (Lipinski definition) is 6. The maximum absolute atomic E-state index is 12.0. The second kappa shape index (κ2) is 7.66. The first-order chi connectivity index (χ1) is 11.0. The van der Waals surface area contributed by atoms with Gasteiger partial charge in [0.05, 0.1) is 28.1 Å². The molecule has 0 atom stereocenters. The Hall–Kier alpha value is -2.51. The van der Waals surface area contributed by atoms with Crippen LogP contribution in [0.1, 0.15) is 48.9 Å². The van der Waals surface area contributed by atoms with Crippen LogP contribution in [0.2, 0.25) is 0 Å². The molecule has 1 fully saturated rings. The van der Waals surface area contributed by atoms with Gasteiger partial charge in [0, 0.05) is 12.1 Å². The van der Waals surface area contributed by atoms with Gasteiger partial charge in [-0.25, -0.2) is 4.79 Å². The standard InChI is InChI=1S/C15H18N2O6/c18-15(23-7-6-11-4-2-1-3-5-11)12-8-13(16(19)20)10-14(9-12)17(21)22/h8-11H,1-7H2. The lowest BCUT2D eigenvalue weighted by Crippen LogP contribution is -2.13. The van der Waals surface area contributed by atoms with Gasteiger partial charge in [-0.1, -0.05) is 32.1 Å². The van der Waals surface area contributed by atoms with E-state index in [1.807, 2.05) is 0 Å². The molecule has 23 heavy (non-hydrogen) atoms. The fraction of sp³-hybridized carbons (Fsp3) is 0.533. The molecule has 0 radical (unpaired) electrons. The second-order valence-corrected chi connectivity index (χ2v) is 5.68. The highest BCUT2D eigenvalue weighted by molar-refractivity contribution is 5.91. The largest absolute Gasteiger partial charge is 0.462 e. The lowest BCUT2D eigenvalue weighted by molar-refractivity contribution is -0.394. The Bertz CT molecular complexity index is 578. The van der Waals surface area contributed by atoms with Crippen molar-refractivity contribution in [3.8, 4) is 0 Å². The molecule has 0 aromatic heterocycles. The molecule has 8 heteroatoms. The van der Waals surface area contributed by atoms with Crippen LogP contribution in [0.15, 0.2) is 18.2 Å². The molecule has 0 aliphatic heterocycles. The zero-order chi connectivity index (χ0) is 16.8. The topological polar surface area (TPSA) is 113 Å². The number of carbonyl (C=O) groups is 1. The number of hydrogen-bond donors (Lipinski definition) is 0. The van der Waals surface area contributed by atoms with Crippen LogP contribution < -0.4 is 0 Å². The number of non-ortho nitro benzene ring substituents is 2. The molecule has 0 bridgehead atoms. The van der Waals surface area contributed by atoms with Gasteiger partial charge in [0.15, 0.2) is 0 Å². The SMILES string of the molecule is O=C(OCCC1CCCCC1)c1cc([N+](=O)[O-])cc([N+](=O)[O-])c1. The van der Waals surface area contributed by atoms with E-state index in [2.05, 4.69) is 0 Å². The van der Waals surface area contributed by atoms with Gasteiger partial charge in [0.25, 0.3) is 11.4 Å². The Labute approximate surface area is 132 Å². The summed E-state index contributed by atoms with van der Waals surface area (Å²) in [5, 5.41) is 21.6. The molecule has 1 aliphatic carbocycles. The molecule has 0 heterocycles. The summed E-state index contributed by atoms with van der Waals surface area (Å²) in [6, 6.07) is 2.81. The van der Waals surface area contributed by atoms with Crippen molar-refractivity contribution < 1.29 is 19.4 Å². The van der Waals surface area contributed by atoms with Gasteiger partial charge in [-0.15, -0.1) is 0 Å². The third-order valence-electron chi connectivity index (χ3n) is 4.04. The first-order valence-corrected chi connectivity index (χ1v) is 7.58. The van der Waals surface area contributed by atoms with E-state index in [-0.39, 0.29) is 12.2 Å². The summed E-state index contributed by atoms with van der Waals surface area (Å²) in [4.78, 5) is 32.0. The smallest absolute Gasteiger partial charge is 0.338 e. The van der Waals surface area contributed by atoms with Crippen molar-refractivity contribution in [2.24, 2.45) is 5.92 Å². The van der Waals surface area contributed by atoms with E-state index in [4.69, 9.17) is 4.74 Å². The average Bonchev–Trinajstić information content (AvgIpc) is 2.55. The fourth-order valence-corrected chi connectivity index (χ4v) is 2.80. The van der Waals surface area contributed by atoms with E-state index >= 15 is 0 Å². The molecule has 8 nitrogen and oxygen atoms in total. The van der Waals surface area contributed by atoms with E-state index in [9.17, 15) is 25.0 Å². The Morgan fingerprint density at radius 3 is 2.13 bits per heavy atom. The normalized spacial score (nSPS) is 15.1. The minimum Gasteiger partial charge on any atom is -0.462 e. The monoisotopic (exact) mass is 322 g/mol. The quantitative estimate of drug-likeness (QED) is 0.449. The molecule has 0 unspecified atom stereocenters. The van der Waals surface area contributed by atoms with Crippen LogP contribution in [0.3, 0.4) is 0 Å². The van der Waals surface area contributed by atoms with Crippen LogP contribution >= 0.6 is 0 Å². The molecule has 0 N–H and O–H groups in total. The Morgan fingerprint density at radius 1 is 1.04 bits per heavy atom. The third kappa shape index (κ3) is 4.73. The van der Waals surface area contributed by atoms with Crippen molar-refractivity contribution in [2.75, 3.05) is 6.61 Å². The Kier molecular flexibility index (Phi) is 5.61. The fourth-order valence-electron chi connectivity index (χ4n) is 2.80. The molecule has 1 aromatic carbocycles. The summed E-state index contributed by atoms with van der Waals surface area (Å²) in [6.07, 6.45) is 6.63. The molecule has 1 saturated carbocycles. The Balaban J connectivity index is 2.00. The van der Waals surface area contributed by atoms with Crippen LogP contribution in [0.4, 0.5) is 11.4 Å². The highest BCUT2D eigenvalue weighted by Crippen LogP contribution is 2.27. The first kappa shape index (κ1) is 16.9. The van der Waals surface area contributed by atoms with Gasteiger partial charge in [0.1, 0.15) is 0 Å². The summed E-state index contributed by atoms with van der Waals surface area (Å²) in [5.41, 5.74) is -1.17. The highest BCUT2D eigenvalue weighted by atomic mass is 16.6. The number of nitro groups is 2. The van der Waals surface area contributed by atoms with Crippen LogP contribution in [0.5, 0.6) is 0 Å². The Morgan fingerprint density at radius 2 is 1.61 bits per heavy atom. The zero-order valence-electron chi connectivity index (χ0n) is 12.6. The van der Waals surface area contributed by atoms with Gasteiger partial charge < -0.3 is 4.74 Å². The predicted octanol–water partition coefficient (Wildman–Crippen LogP) is 3.63. The third-order valence-corrected chi connectivity index (χ3v) is 4.04. The number of ether oxygens (including phenoxy) is 1. The minimum absolute atomic E-state index is 0.172. The van der Waals surface area contributed by atoms with Crippen molar-refractivity contribution in [2.45, 2.75) is 38.5 Å². The summed E-state index contributed by atoms with van der Waals surface area (Å²) in [6.45, 7) is 0.222. The minimum atomic E-state index is -0.772. The van der Waals surface area contributed by atoms with Crippen molar-refractivity contribution in [1.29, 1.82) is 0 Å². The average molecular weight is 322 g/mol. The molecule has 124 valence electrons. The van der Waals surface area contributed by atoms with Crippen LogP contribution in [-0.2, 0) is 4.74 Å². The molecular weight excluding hydrogens is 304 g/mol. The number of benzene rings is 1. The summed E-state index contributed by atoms with van der Waals surface area (Å²) < 4.78 is 5.12. The van der Waals surface area contributed by atoms with E-state index in [0.717, 1.165) is 37.5 Å². The van der Waals surface area contributed by atoms with Gasteiger partial charge in [0.2, 0.25) is 0 Å². The number of nitrogens with zero attached hydrogens (tertiary/aromatic N) is 2. The lowest BCUT2D eigenvalue weighted by atomic mass is 9.87. The first-order valence-electron chi connectivity index (χ1n) is 7.58. The highest BCUT2D eigenvalue weighted by Gasteiger charge is 2.21. The van der Waals surface area contributed by atoms with Gasteiger partial charge in [-0.3, -0.25) is 20.2 Å².